The quantitative estimate of drug-likeness (QED) is 0.193. The maximum Gasteiger partial charge on any atom is 0.271 e. The first kappa shape index (κ1) is 30.1. The van der Waals surface area contributed by atoms with Gasteiger partial charge in [-0.25, -0.2) is 4.99 Å². The van der Waals surface area contributed by atoms with E-state index in [-0.39, 0.29) is 23.5 Å². The van der Waals surface area contributed by atoms with Gasteiger partial charge < -0.3 is 0 Å². The van der Waals surface area contributed by atoms with Crippen molar-refractivity contribution in [2.24, 2.45) is 10.9 Å². The van der Waals surface area contributed by atoms with Gasteiger partial charge in [-0.05, 0) is 39.5 Å². The number of carbonyl (C=O) groups is 2. The van der Waals surface area contributed by atoms with Crippen molar-refractivity contribution >= 4 is 40.1 Å². The molecule has 0 radical (unpaired) electrons. The van der Waals surface area contributed by atoms with Crippen LogP contribution >= 0.6 is 11.3 Å². The average molecular weight is 667 g/mol. The van der Waals surface area contributed by atoms with Crippen molar-refractivity contribution in [2.45, 2.75) is 18.4 Å². The fourth-order valence-corrected chi connectivity index (χ4v) is 8.90. The number of carbonyl (C=O) groups excluding carboxylic acids is 2. The van der Waals surface area contributed by atoms with E-state index in [1.54, 1.807) is 4.57 Å². The number of benzene rings is 5. The molecule has 3 unspecified atom stereocenters. The van der Waals surface area contributed by atoms with Gasteiger partial charge in [0.1, 0.15) is 5.78 Å². The van der Waals surface area contributed by atoms with E-state index in [9.17, 15) is 14.4 Å². The summed E-state index contributed by atoms with van der Waals surface area (Å²) in [6, 6.07) is 46.6. The molecule has 1 aromatic heterocycles. The Bertz CT molecular complexity index is 2570. The number of aromatic nitrogens is 1. The molecule has 5 aromatic carbocycles. The molecule has 0 bridgehead atoms. The van der Waals surface area contributed by atoms with E-state index in [0.29, 0.717) is 26.2 Å². The van der Waals surface area contributed by atoms with Crippen LogP contribution in [0.1, 0.15) is 56.6 Å². The fourth-order valence-electron chi connectivity index (χ4n) is 7.89. The van der Waals surface area contributed by atoms with Gasteiger partial charge in [0.2, 0.25) is 0 Å². The minimum atomic E-state index is -0.761. The van der Waals surface area contributed by atoms with E-state index in [2.05, 4.69) is 0 Å². The fraction of sp³-hybridized carbons (Fsp3) is 0.0909. The van der Waals surface area contributed by atoms with Gasteiger partial charge in [-0.15, -0.1) is 0 Å². The molecular formula is C44H30N2O3S. The Labute approximate surface area is 292 Å². The normalized spacial score (nSPS) is 20.0. The summed E-state index contributed by atoms with van der Waals surface area (Å²) in [6.45, 7) is 0. The SMILES string of the molecule is O=C1C2=C(CC(=O)C(C3=C(c4ccccc4)C(c4ccccc4)n4c(s/c(=C\c5ccccc5)c4=O)=N3)C2c2ccccc2)c2ccccc21. The van der Waals surface area contributed by atoms with Crippen LogP contribution in [-0.2, 0) is 4.79 Å². The van der Waals surface area contributed by atoms with Gasteiger partial charge in [-0.3, -0.25) is 19.0 Å². The summed E-state index contributed by atoms with van der Waals surface area (Å²) < 4.78 is 2.35. The van der Waals surface area contributed by atoms with Crippen LogP contribution < -0.4 is 14.9 Å². The summed E-state index contributed by atoms with van der Waals surface area (Å²) in [5, 5.41) is 0. The standard InChI is InChI=1S/C44H30N2O3S/c47-34-26-33-31-23-13-14-24-32(31)42(48)38(33)36(28-17-7-2-8-18-28)39(34)40-37(29-19-9-3-10-20-29)41(30-21-11-4-12-22-30)46-43(49)35(50-44(46)45-40)25-27-15-5-1-6-16-27/h1-25,36,39,41H,26H2/b35-25-. The van der Waals surface area contributed by atoms with E-state index in [4.69, 9.17) is 4.99 Å². The number of hydrogen-bond acceptors (Lipinski definition) is 5. The van der Waals surface area contributed by atoms with E-state index < -0.39 is 17.9 Å². The number of hydrogen-bond donors (Lipinski definition) is 0. The molecule has 9 rings (SSSR count). The topological polar surface area (TPSA) is 68.5 Å². The van der Waals surface area contributed by atoms with Gasteiger partial charge in [0, 0.05) is 29.0 Å². The van der Waals surface area contributed by atoms with Crippen LogP contribution in [0.25, 0.3) is 17.2 Å². The number of fused-ring (bicyclic) bond motifs is 3. The van der Waals surface area contributed by atoms with Crippen LogP contribution in [0.15, 0.2) is 167 Å². The van der Waals surface area contributed by atoms with Gasteiger partial charge >= 0.3 is 0 Å². The molecule has 6 heteroatoms. The molecule has 3 aliphatic rings. The van der Waals surface area contributed by atoms with Crippen LogP contribution in [0.4, 0.5) is 0 Å². The zero-order chi connectivity index (χ0) is 33.8. The summed E-state index contributed by atoms with van der Waals surface area (Å²) in [6.07, 6.45) is 2.04. The molecule has 240 valence electrons. The molecule has 50 heavy (non-hydrogen) atoms. The highest BCUT2D eigenvalue weighted by atomic mass is 32.1. The zero-order valence-electron chi connectivity index (χ0n) is 26.9. The van der Waals surface area contributed by atoms with Crippen molar-refractivity contribution < 1.29 is 9.59 Å². The summed E-state index contributed by atoms with van der Waals surface area (Å²) in [5.41, 5.74) is 7.81. The van der Waals surface area contributed by atoms with Crippen molar-refractivity contribution in [2.75, 3.05) is 0 Å². The Morgan fingerprint density at radius 1 is 0.620 bits per heavy atom. The van der Waals surface area contributed by atoms with Crippen molar-refractivity contribution in [3.63, 3.8) is 0 Å². The van der Waals surface area contributed by atoms with Crippen molar-refractivity contribution in [1.82, 2.24) is 4.57 Å². The van der Waals surface area contributed by atoms with Gasteiger partial charge in [0.15, 0.2) is 10.6 Å². The lowest BCUT2D eigenvalue weighted by molar-refractivity contribution is -0.121. The van der Waals surface area contributed by atoms with Crippen LogP contribution in [0, 0.1) is 5.92 Å². The molecule has 0 spiro atoms. The summed E-state index contributed by atoms with van der Waals surface area (Å²) in [5.74, 6) is -1.35. The monoisotopic (exact) mass is 666 g/mol. The number of Topliss-reactive ketones (excluding diaryl/α,β-unsaturated/α-hetero) is 2. The predicted octanol–water partition coefficient (Wildman–Crippen LogP) is 7.40. The Morgan fingerprint density at radius 2 is 1.20 bits per heavy atom. The van der Waals surface area contributed by atoms with Crippen LogP contribution in [0.3, 0.4) is 0 Å². The van der Waals surface area contributed by atoms with Crippen molar-refractivity contribution in [1.29, 1.82) is 0 Å². The molecule has 0 saturated heterocycles. The Morgan fingerprint density at radius 3 is 1.88 bits per heavy atom. The molecule has 0 fully saturated rings. The lowest BCUT2D eigenvalue weighted by Crippen LogP contribution is -2.40. The molecule has 0 saturated carbocycles. The number of nitrogens with zero attached hydrogens (tertiary/aromatic N) is 2. The highest BCUT2D eigenvalue weighted by Gasteiger charge is 2.48. The largest absolute Gasteiger partial charge is 0.299 e. The van der Waals surface area contributed by atoms with Crippen LogP contribution in [0.5, 0.6) is 0 Å². The van der Waals surface area contributed by atoms with E-state index >= 15 is 0 Å². The molecule has 2 aliphatic carbocycles. The zero-order valence-corrected chi connectivity index (χ0v) is 27.7. The number of ketones is 2. The molecule has 3 atom stereocenters. The minimum Gasteiger partial charge on any atom is -0.299 e. The summed E-state index contributed by atoms with van der Waals surface area (Å²) in [7, 11) is 0. The van der Waals surface area contributed by atoms with Gasteiger partial charge in [0.05, 0.1) is 22.2 Å². The van der Waals surface area contributed by atoms with Gasteiger partial charge in [-0.1, -0.05) is 157 Å². The second-order valence-corrected chi connectivity index (χ2v) is 13.9. The predicted molar refractivity (Wildman–Crippen MR) is 197 cm³/mol. The first-order valence-electron chi connectivity index (χ1n) is 16.7. The maximum absolute atomic E-state index is 14.9. The number of thiazole rings is 1. The number of allylic oxidation sites excluding steroid dienone is 4. The third-order valence-corrected chi connectivity index (χ3v) is 11.0. The third kappa shape index (κ3) is 4.83. The molecule has 0 amide bonds. The lowest BCUT2D eigenvalue weighted by Gasteiger charge is -2.36. The maximum atomic E-state index is 14.9. The smallest absolute Gasteiger partial charge is 0.271 e. The first-order valence-corrected chi connectivity index (χ1v) is 17.6. The van der Waals surface area contributed by atoms with Gasteiger partial charge in [-0.2, -0.15) is 0 Å². The Balaban J connectivity index is 1.37. The Hall–Kier alpha value is -5.98. The Kier molecular flexibility index (Phi) is 7.32. The van der Waals surface area contributed by atoms with Gasteiger partial charge in [0.25, 0.3) is 5.56 Å². The van der Waals surface area contributed by atoms with Crippen molar-refractivity contribution in [3.8, 4) is 0 Å². The van der Waals surface area contributed by atoms with Crippen LogP contribution in [0.2, 0.25) is 0 Å². The molecule has 6 aromatic rings. The summed E-state index contributed by atoms with van der Waals surface area (Å²) in [4.78, 5) is 49.5. The molecule has 5 nitrogen and oxygen atoms in total. The highest BCUT2D eigenvalue weighted by Crippen LogP contribution is 2.53. The molecule has 0 N–H and O–H groups in total. The minimum absolute atomic E-state index is 0.00419. The highest BCUT2D eigenvalue weighted by molar-refractivity contribution is 7.07. The van der Waals surface area contributed by atoms with E-state index in [1.807, 2.05) is 152 Å². The second-order valence-electron chi connectivity index (χ2n) is 12.8. The summed E-state index contributed by atoms with van der Waals surface area (Å²) >= 11 is 1.33. The van der Waals surface area contributed by atoms with E-state index in [0.717, 1.165) is 39.0 Å². The second kappa shape index (κ2) is 12.2. The van der Waals surface area contributed by atoms with Crippen molar-refractivity contribution in [3.05, 3.63) is 210 Å². The first-order chi connectivity index (χ1) is 24.6. The number of rotatable bonds is 5. The lowest BCUT2D eigenvalue weighted by atomic mass is 9.68. The third-order valence-electron chi connectivity index (χ3n) is 10.0. The van der Waals surface area contributed by atoms with E-state index in [1.165, 1.54) is 11.3 Å². The molecular weight excluding hydrogens is 637 g/mol. The average Bonchev–Trinajstić information content (AvgIpc) is 3.63. The molecule has 1 aliphatic heterocycles. The molecule has 2 heterocycles. The van der Waals surface area contributed by atoms with Crippen LogP contribution in [-0.4, -0.2) is 16.1 Å².